The van der Waals surface area contributed by atoms with Gasteiger partial charge in [-0.3, -0.25) is 14.4 Å². The van der Waals surface area contributed by atoms with E-state index in [1.54, 1.807) is 19.1 Å². The molecule has 2 aromatic rings. The molecule has 0 bridgehead atoms. The SMILES string of the molecule is COCCCN1C(=O)c2c(NC(C)=O)c3cc(OC)ccc3n2C[C@@]1(C)C(=O)NC1CCCCCC1. The van der Waals surface area contributed by atoms with Crippen molar-refractivity contribution in [3.8, 4) is 5.75 Å². The van der Waals surface area contributed by atoms with Crippen LogP contribution < -0.4 is 15.4 Å². The number of aromatic nitrogens is 1. The molecular weight excluding hydrogens is 460 g/mol. The number of carbonyl (C=O) groups is 3. The molecule has 1 aliphatic heterocycles. The van der Waals surface area contributed by atoms with E-state index in [-0.39, 0.29) is 30.3 Å². The van der Waals surface area contributed by atoms with E-state index >= 15 is 0 Å². The van der Waals surface area contributed by atoms with Gasteiger partial charge in [-0.2, -0.15) is 0 Å². The quantitative estimate of drug-likeness (QED) is 0.427. The van der Waals surface area contributed by atoms with Crippen LogP contribution in [0.4, 0.5) is 5.69 Å². The maximum atomic E-state index is 14.1. The molecule has 1 aliphatic carbocycles. The molecule has 0 radical (unpaired) electrons. The number of nitrogens with one attached hydrogen (secondary N) is 2. The van der Waals surface area contributed by atoms with Crippen LogP contribution in [0.1, 0.15) is 69.3 Å². The van der Waals surface area contributed by atoms with Crippen molar-refractivity contribution >= 4 is 34.3 Å². The molecule has 2 aliphatic rings. The number of methoxy groups -OCH3 is 2. The minimum atomic E-state index is -1.09. The Balaban J connectivity index is 1.79. The maximum absolute atomic E-state index is 14.1. The zero-order valence-corrected chi connectivity index (χ0v) is 21.8. The first-order valence-electron chi connectivity index (χ1n) is 12.9. The van der Waals surface area contributed by atoms with Crippen LogP contribution in [0.15, 0.2) is 18.2 Å². The third-order valence-corrected chi connectivity index (χ3v) is 7.49. The molecule has 1 atom stereocenters. The average molecular weight is 499 g/mol. The molecule has 0 saturated heterocycles. The van der Waals surface area contributed by atoms with Gasteiger partial charge in [-0.1, -0.05) is 25.7 Å². The van der Waals surface area contributed by atoms with Crippen molar-refractivity contribution in [2.75, 3.05) is 32.7 Å². The highest BCUT2D eigenvalue weighted by molar-refractivity contribution is 6.14. The van der Waals surface area contributed by atoms with E-state index in [4.69, 9.17) is 9.47 Å². The lowest BCUT2D eigenvalue weighted by molar-refractivity contribution is -0.133. The second-order valence-corrected chi connectivity index (χ2v) is 10.1. The number of fused-ring (bicyclic) bond motifs is 3. The predicted octanol–water partition coefficient (Wildman–Crippen LogP) is 3.70. The van der Waals surface area contributed by atoms with E-state index in [1.165, 1.54) is 19.8 Å². The number of amides is 3. The summed E-state index contributed by atoms with van der Waals surface area (Å²) in [7, 11) is 3.20. The van der Waals surface area contributed by atoms with Gasteiger partial charge in [0, 0.05) is 38.6 Å². The van der Waals surface area contributed by atoms with E-state index in [1.807, 2.05) is 29.7 Å². The summed E-state index contributed by atoms with van der Waals surface area (Å²) in [6.45, 7) is 4.39. The lowest BCUT2D eigenvalue weighted by atomic mass is 9.93. The Morgan fingerprint density at radius 1 is 1.14 bits per heavy atom. The standard InChI is InChI=1S/C27H38N4O5/c1-18(32)28-23-21-16-20(36-4)12-13-22(21)30-17-27(2,26(34)29-19-10-7-5-6-8-11-19)31(14-9-15-35-3)25(33)24(23)30/h12-13,16,19H,5-11,14-15,17H2,1-4H3,(H,28,32)(H,29,34)/t27-/m0/s1. The Morgan fingerprint density at radius 3 is 2.50 bits per heavy atom. The van der Waals surface area contributed by atoms with Crippen LogP contribution in [0, 0.1) is 0 Å². The molecule has 2 heterocycles. The van der Waals surface area contributed by atoms with Gasteiger partial charge >= 0.3 is 0 Å². The molecule has 2 N–H and O–H groups in total. The molecule has 1 aromatic carbocycles. The molecule has 4 rings (SSSR count). The fourth-order valence-corrected chi connectivity index (χ4v) is 5.57. The van der Waals surface area contributed by atoms with Crippen LogP contribution in [0.5, 0.6) is 5.75 Å². The Bertz CT molecular complexity index is 1130. The van der Waals surface area contributed by atoms with Crippen LogP contribution in [0.3, 0.4) is 0 Å². The van der Waals surface area contributed by atoms with Crippen molar-refractivity contribution in [3.05, 3.63) is 23.9 Å². The maximum Gasteiger partial charge on any atom is 0.273 e. The highest BCUT2D eigenvalue weighted by Crippen LogP contribution is 2.40. The summed E-state index contributed by atoms with van der Waals surface area (Å²) in [5, 5.41) is 6.85. The van der Waals surface area contributed by atoms with E-state index in [0.29, 0.717) is 42.1 Å². The van der Waals surface area contributed by atoms with Crippen molar-refractivity contribution in [1.29, 1.82) is 0 Å². The van der Waals surface area contributed by atoms with Gasteiger partial charge in [-0.15, -0.1) is 0 Å². The highest BCUT2D eigenvalue weighted by atomic mass is 16.5. The Morgan fingerprint density at radius 2 is 1.86 bits per heavy atom. The summed E-state index contributed by atoms with van der Waals surface area (Å²) in [4.78, 5) is 41.8. The second kappa shape index (κ2) is 10.9. The van der Waals surface area contributed by atoms with Crippen molar-refractivity contribution in [2.24, 2.45) is 0 Å². The summed E-state index contributed by atoms with van der Waals surface area (Å²) in [6.07, 6.45) is 7.11. The number of hydrogen-bond acceptors (Lipinski definition) is 5. The number of carbonyl (C=O) groups excluding carboxylic acids is 3. The topological polar surface area (TPSA) is 102 Å². The van der Waals surface area contributed by atoms with Crippen molar-refractivity contribution in [2.45, 2.75) is 76.9 Å². The number of rotatable bonds is 8. The normalized spacial score (nSPS) is 20.7. The molecule has 0 spiro atoms. The third kappa shape index (κ3) is 4.93. The van der Waals surface area contributed by atoms with E-state index in [9.17, 15) is 14.4 Å². The van der Waals surface area contributed by atoms with Gasteiger partial charge in [0.2, 0.25) is 11.8 Å². The molecule has 9 heteroatoms. The molecule has 9 nitrogen and oxygen atoms in total. The molecule has 1 aromatic heterocycles. The van der Waals surface area contributed by atoms with E-state index in [2.05, 4.69) is 10.6 Å². The van der Waals surface area contributed by atoms with Gasteiger partial charge in [-0.25, -0.2) is 0 Å². The van der Waals surface area contributed by atoms with Gasteiger partial charge in [0.05, 0.1) is 24.9 Å². The van der Waals surface area contributed by atoms with Crippen molar-refractivity contribution in [3.63, 3.8) is 0 Å². The van der Waals surface area contributed by atoms with Crippen LogP contribution >= 0.6 is 0 Å². The minimum Gasteiger partial charge on any atom is -0.497 e. The smallest absolute Gasteiger partial charge is 0.273 e. The number of benzene rings is 1. The lowest BCUT2D eigenvalue weighted by Crippen LogP contribution is -2.65. The van der Waals surface area contributed by atoms with Gasteiger partial charge in [-0.05, 0) is 44.4 Å². The molecule has 1 saturated carbocycles. The summed E-state index contributed by atoms with van der Waals surface area (Å²) < 4.78 is 12.5. The first-order chi connectivity index (χ1) is 17.3. The first kappa shape index (κ1) is 26.0. The first-order valence-corrected chi connectivity index (χ1v) is 12.9. The van der Waals surface area contributed by atoms with Crippen LogP contribution in [0.2, 0.25) is 0 Å². The van der Waals surface area contributed by atoms with Gasteiger partial charge in [0.25, 0.3) is 5.91 Å². The number of ether oxygens (including phenoxy) is 2. The molecule has 196 valence electrons. The molecule has 1 fully saturated rings. The zero-order valence-electron chi connectivity index (χ0n) is 21.8. The van der Waals surface area contributed by atoms with E-state index < -0.39 is 5.54 Å². The number of nitrogens with zero attached hydrogens (tertiary/aromatic N) is 2. The molecule has 36 heavy (non-hydrogen) atoms. The zero-order chi connectivity index (χ0) is 25.9. The van der Waals surface area contributed by atoms with Crippen molar-refractivity contribution < 1.29 is 23.9 Å². The van der Waals surface area contributed by atoms with Gasteiger partial charge in [0.1, 0.15) is 17.0 Å². The Kier molecular flexibility index (Phi) is 7.88. The van der Waals surface area contributed by atoms with Crippen molar-refractivity contribution in [1.82, 2.24) is 14.8 Å². The average Bonchev–Trinajstić information content (AvgIpc) is 2.99. The number of hydrogen-bond donors (Lipinski definition) is 2. The lowest BCUT2D eigenvalue weighted by Gasteiger charge is -2.45. The summed E-state index contributed by atoms with van der Waals surface area (Å²) >= 11 is 0. The summed E-state index contributed by atoms with van der Waals surface area (Å²) in [5.74, 6) is -0.0707. The van der Waals surface area contributed by atoms with Crippen LogP contribution in [0.25, 0.3) is 10.9 Å². The summed E-state index contributed by atoms with van der Waals surface area (Å²) in [5.41, 5.74) is 0.506. The van der Waals surface area contributed by atoms with Crippen LogP contribution in [-0.4, -0.2) is 66.1 Å². The third-order valence-electron chi connectivity index (χ3n) is 7.49. The molecule has 0 unspecified atom stereocenters. The minimum absolute atomic E-state index is 0.120. The Hall–Kier alpha value is -3.07. The molecule has 3 amide bonds. The fourth-order valence-electron chi connectivity index (χ4n) is 5.57. The number of anilines is 1. The highest BCUT2D eigenvalue weighted by Gasteiger charge is 2.49. The van der Waals surface area contributed by atoms with Gasteiger partial charge < -0.3 is 29.6 Å². The van der Waals surface area contributed by atoms with Crippen LogP contribution in [-0.2, 0) is 20.9 Å². The predicted molar refractivity (Wildman–Crippen MR) is 138 cm³/mol. The van der Waals surface area contributed by atoms with E-state index in [0.717, 1.165) is 31.2 Å². The fraction of sp³-hybridized carbons (Fsp3) is 0.593. The molecular formula is C27H38N4O5. The summed E-state index contributed by atoms with van der Waals surface area (Å²) in [6, 6.07) is 5.64. The van der Waals surface area contributed by atoms with Gasteiger partial charge in [0.15, 0.2) is 0 Å². The largest absolute Gasteiger partial charge is 0.497 e. The monoisotopic (exact) mass is 498 g/mol. The Labute approximate surface area is 212 Å². The second-order valence-electron chi connectivity index (χ2n) is 10.1.